The second-order valence-corrected chi connectivity index (χ2v) is 7.17. The molecule has 1 aromatic heterocycles. The van der Waals surface area contributed by atoms with E-state index >= 15 is 0 Å². The highest BCUT2D eigenvalue weighted by atomic mass is 32.2. The van der Waals surface area contributed by atoms with Gasteiger partial charge in [-0.05, 0) is 19.3 Å². The van der Waals surface area contributed by atoms with Gasteiger partial charge in [0.05, 0.1) is 12.2 Å². The molecule has 1 fully saturated rings. The van der Waals surface area contributed by atoms with Gasteiger partial charge in [-0.2, -0.15) is 9.40 Å². The number of aliphatic carboxylic acids is 1. The topological polar surface area (TPSA) is 102 Å². The Balaban J connectivity index is 2.20. The molecule has 0 atom stereocenters. The van der Waals surface area contributed by atoms with Gasteiger partial charge in [0, 0.05) is 26.0 Å². The molecular formula is C13H21N3O5S. The van der Waals surface area contributed by atoms with Gasteiger partial charge in [-0.15, -0.1) is 0 Å². The highest BCUT2D eigenvalue weighted by Crippen LogP contribution is 2.22. The number of nitrogens with zero attached hydrogens (tertiary/aromatic N) is 3. The average molecular weight is 331 g/mol. The van der Waals surface area contributed by atoms with Crippen molar-refractivity contribution >= 4 is 16.0 Å². The Morgan fingerprint density at radius 3 is 2.77 bits per heavy atom. The summed E-state index contributed by atoms with van der Waals surface area (Å²) in [5.41, 5.74) is 0. The van der Waals surface area contributed by atoms with Crippen LogP contribution in [-0.2, 0) is 19.6 Å². The number of rotatable bonds is 7. The minimum atomic E-state index is -3.84. The summed E-state index contributed by atoms with van der Waals surface area (Å²) in [5.74, 6) is -1.17. The molecule has 1 aromatic rings. The normalized spacial score (nSPS) is 17.0. The minimum Gasteiger partial charge on any atom is -0.480 e. The summed E-state index contributed by atoms with van der Waals surface area (Å²) >= 11 is 0. The van der Waals surface area contributed by atoms with Crippen molar-refractivity contribution in [2.24, 2.45) is 0 Å². The molecule has 0 aromatic carbocycles. The van der Waals surface area contributed by atoms with Gasteiger partial charge in [0.15, 0.2) is 0 Å². The molecule has 8 nitrogen and oxygen atoms in total. The monoisotopic (exact) mass is 331 g/mol. The molecular weight excluding hydrogens is 310 g/mol. The predicted molar refractivity (Wildman–Crippen MR) is 78.0 cm³/mol. The molecule has 1 saturated heterocycles. The van der Waals surface area contributed by atoms with Gasteiger partial charge in [0.2, 0.25) is 10.0 Å². The maximum Gasteiger partial charge on any atom is 0.318 e. The van der Waals surface area contributed by atoms with Crippen LogP contribution < -0.4 is 0 Å². The molecule has 0 aliphatic carbocycles. The molecule has 124 valence electrons. The summed E-state index contributed by atoms with van der Waals surface area (Å²) in [5, 5.41) is 13.0. The van der Waals surface area contributed by atoms with Gasteiger partial charge in [-0.1, -0.05) is 6.92 Å². The highest BCUT2D eigenvalue weighted by Gasteiger charge is 2.28. The van der Waals surface area contributed by atoms with E-state index in [9.17, 15) is 13.2 Å². The van der Waals surface area contributed by atoms with Crippen LogP contribution in [0.25, 0.3) is 0 Å². The molecule has 2 rings (SSSR count). The second-order valence-electron chi connectivity index (χ2n) is 5.23. The van der Waals surface area contributed by atoms with Gasteiger partial charge in [-0.3, -0.25) is 9.48 Å². The van der Waals surface area contributed by atoms with E-state index in [1.807, 2.05) is 0 Å². The Labute approximate surface area is 129 Å². The third-order valence-electron chi connectivity index (χ3n) is 3.57. The zero-order valence-corrected chi connectivity index (χ0v) is 13.3. The lowest BCUT2D eigenvalue weighted by atomic mass is 10.1. The molecule has 0 unspecified atom stereocenters. The van der Waals surface area contributed by atoms with Crippen molar-refractivity contribution in [1.29, 1.82) is 0 Å². The predicted octanol–water partition coefficient (Wildman–Crippen LogP) is 0.720. The van der Waals surface area contributed by atoms with Gasteiger partial charge in [0.25, 0.3) is 0 Å². The van der Waals surface area contributed by atoms with Crippen molar-refractivity contribution in [3.63, 3.8) is 0 Å². The lowest BCUT2D eigenvalue weighted by Gasteiger charge is -2.22. The van der Waals surface area contributed by atoms with Crippen LogP contribution in [0.15, 0.2) is 17.3 Å². The molecule has 22 heavy (non-hydrogen) atoms. The van der Waals surface area contributed by atoms with Crippen molar-refractivity contribution in [3.05, 3.63) is 12.4 Å². The van der Waals surface area contributed by atoms with Crippen LogP contribution in [0, 0.1) is 0 Å². The van der Waals surface area contributed by atoms with E-state index in [1.54, 1.807) is 11.6 Å². The third kappa shape index (κ3) is 3.84. The van der Waals surface area contributed by atoms with Gasteiger partial charge in [-0.25, -0.2) is 8.42 Å². The first-order valence-corrected chi connectivity index (χ1v) is 8.73. The van der Waals surface area contributed by atoms with Crippen LogP contribution in [0.5, 0.6) is 0 Å². The number of aromatic nitrogens is 2. The molecule has 0 saturated carbocycles. The van der Waals surface area contributed by atoms with Crippen LogP contribution in [0.3, 0.4) is 0 Å². The Kier molecular flexibility index (Phi) is 5.54. The molecule has 0 bridgehead atoms. The summed E-state index contributed by atoms with van der Waals surface area (Å²) in [6.45, 7) is 2.69. The van der Waals surface area contributed by atoms with E-state index in [0.717, 1.165) is 17.1 Å². The van der Waals surface area contributed by atoms with E-state index in [1.165, 1.54) is 12.4 Å². The SMILES string of the molecule is CCCN(CC(=O)O)S(=O)(=O)c1cnn(C2CCOCC2)c1. The van der Waals surface area contributed by atoms with Crippen LogP contribution >= 0.6 is 0 Å². The number of hydrogen-bond acceptors (Lipinski definition) is 5. The summed E-state index contributed by atoms with van der Waals surface area (Å²) < 4.78 is 33.0. The quantitative estimate of drug-likeness (QED) is 0.790. The van der Waals surface area contributed by atoms with Crippen molar-refractivity contribution in [3.8, 4) is 0 Å². The Bertz CT molecular complexity index is 607. The van der Waals surface area contributed by atoms with Crippen LogP contribution in [0.1, 0.15) is 32.2 Å². The molecule has 1 aliphatic heterocycles. The summed E-state index contributed by atoms with van der Waals surface area (Å²) in [6, 6.07) is 0.122. The fourth-order valence-corrected chi connectivity index (χ4v) is 3.86. The van der Waals surface area contributed by atoms with Crippen molar-refractivity contribution in [2.45, 2.75) is 37.1 Å². The Morgan fingerprint density at radius 2 is 2.18 bits per heavy atom. The standard InChI is InChI=1S/C13H21N3O5S/c1-2-5-15(10-13(17)18)22(19,20)12-8-14-16(9-12)11-3-6-21-7-4-11/h8-9,11H,2-7,10H2,1H3,(H,17,18). The summed E-state index contributed by atoms with van der Waals surface area (Å²) in [7, 11) is -3.84. The average Bonchev–Trinajstić information content (AvgIpc) is 2.98. The largest absolute Gasteiger partial charge is 0.480 e. The van der Waals surface area contributed by atoms with Crippen molar-refractivity contribution in [1.82, 2.24) is 14.1 Å². The molecule has 0 radical (unpaired) electrons. The smallest absolute Gasteiger partial charge is 0.318 e. The number of carbonyl (C=O) groups is 1. The van der Waals surface area contributed by atoms with E-state index in [0.29, 0.717) is 19.6 Å². The maximum atomic E-state index is 12.5. The van der Waals surface area contributed by atoms with Crippen molar-refractivity contribution in [2.75, 3.05) is 26.3 Å². The number of carboxylic acids is 1. The fraction of sp³-hybridized carbons (Fsp3) is 0.692. The van der Waals surface area contributed by atoms with Gasteiger partial charge >= 0.3 is 5.97 Å². The first-order chi connectivity index (χ1) is 10.4. The van der Waals surface area contributed by atoms with Gasteiger partial charge < -0.3 is 9.84 Å². The zero-order valence-electron chi connectivity index (χ0n) is 12.5. The first kappa shape index (κ1) is 16.9. The Hall–Kier alpha value is -1.45. The molecule has 0 spiro atoms. The van der Waals surface area contributed by atoms with Gasteiger partial charge in [0.1, 0.15) is 11.4 Å². The van der Waals surface area contributed by atoms with E-state index in [4.69, 9.17) is 9.84 Å². The first-order valence-electron chi connectivity index (χ1n) is 7.29. The van der Waals surface area contributed by atoms with Crippen LogP contribution in [-0.4, -0.2) is 59.9 Å². The fourth-order valence-electron chi connectivity index (χ4n) is 2.44. The second kappa shape index (κ2) is 7.21. The van der Waals surface area contributed by atoms with Crippen molar-refractivity contribution < 1.29 is 23.1 Å². The molecule has 1 N–H and O–H groups in total. The number of hydrogen-bond donors (Lipinski definition) is 1. The van der Waals surface area contributed by atoms with E-state index in [2.05, 4.69) is 5.10 Å². The third-order valence-corrected chi connectivity index (χ3v) is 5.36. The van der Waals surface area contributed by atoms with E-state index < -0.39 is 22.5 Å². The molecule has 2 heterocycles. The Morgan fingerprint density at radius 1 is 1.50 bits per heavy atom. The number of ether oxygens (including phenoxy) is 1. The number of carboxylic acid groups (broad SMARTS) is 1. The zero-order chi connectivity index (χ0) is 16.2. The maximum absolute atomic E-state index is 12.5. The molecule has 1 aliphatic rings. The number of sulfonamides is 1. The highest BCUT2D eigenvalue weighted by molar-refractivity contribution is 7.89. The summed E-state index contributed by atoms with van der Waals surface area (Å²) in [6.07, 6.45) is 4.88. The molecule has 9 heteroatoms. The van der Waals surface area contributed by atoms with Crippen LogP contribution in [0.2, 0.25) is 0 Å². The minimum absolute atomic E-state index is 0.0358. The van der Waals surface area contributed by atoms with E-state index in [-0.39, 0.29) is 17.5 Å². The lowest BCUT2D eigenvalue weighted by Crippen LogP contribution is -2.36. The van der Waals surface area contributed by atoms with Crippen LogP contribution in [0.4, 0.5) is 0 Å². The lowest BCUT2D eigenvalue weighted by molar-refractivity contribution is -0.137. The molecule has 0 amide bonds. The summed E-state index contributed by atoms with van der Waals surface area (Å²) in [4.78, 5) is 10.9.